The molecule has 3 rings (SSSR count). The molecular formula is C25H32N4O3. The van der Waals surface area contributed by atoms with Gasteiger partial charge in [0.2, 0.25) is 12.3 Å². The summed E-state index contributed by atoms with van der Waals surface area (Å²) in [4.78, 5) is 26.1. The van der Waals surface area contributed by atoms with Crippen LogP contribution in [-0.4, -0.2) is 37.0 Å². The van der Waals surface area contributed by atoms with Gasteiger partial charge >= 0.3 is 0 Å². The minimum absolute atomic E-state index is 0.0403. The molecule has 0 saturated heterocycles. The van der Waals surface area contributed by atoms with Crippen molar-refractivity contribution in [2.45, 2.75) is 45.1 Å². The highest BCUT2D eigenvalue weighted by molar-refractivity contribution is 5.90. The fourth-order valence-corrected chi connectivity index (χ4v) is 3.73. The SMILES string of the molecule is COc1ccc(NC(=O)CCCCC(C)NCCc2c[nH]c3ccc(NC=O)cc23)cc1. The molecule has 2 amide bonds. The number of hydrogen-bond acceptors (Lipinski definition) is 4. The van der Waals surface area contributed by atoms with Gasteiger partial charge in [0, 0.05) is 40.9 Å². The number of fused-ring (bicyclic) bond motifs is 1. The van der Waals surface area contributed by atoms with E-state index in [1.54, 1.807) is 7.11 Å². The highest BCUT2D eigenvalue weighted by Crippen LogP contribution is 2.22. The molecule has 170 valence electrons. The van der Waals surface area contributed by atoms with Crippen molar-refractivity contribution in [3.8, 4) is 5.75 Å². The van der Waals surface area contributed by atoms with Gasteiger partial charge in [0.1, 0.15) is 5.75 Å². The van der Waals surface area contributed by atoms with E-state index in [1.165, 1.54) is 5.56 Å². The number of H-pyrrole nitrogens is 1. The predicted octanol–water partition coefficient (Wildman–Crippen LogP) is 4.46. The summed E-state index contributed by atoms with van der Waals surface area (Å²) in [5.41, 5.74) is 3.88. The molecule has 1 aromatic heterocycles. The molecule has 3 aromatic rings. The number of hydrogen-bond donors (Lipinski definition) is 4. The predicted molar refractivity (Wildman–Crippen MR) is 129 cm³/mol. The zero-order valence-electron chi connectivity index (χ0n) is 18.7. The van der Waals surface area contributed by atoms with Crippen molar-refractivity contribution in [2.24, 2.45) is 0 Å². The van der Waals surface area contributed by atoms with Crippen molar-refractivity contribution in [2.75, 3.05) is 24.3 Å². The van der Waals surface area contributed by atoms with Crippen molar-refractivity contribution in [1.82, 2.24) is 10.3 Å². The van der Waals surface area contributed by atoms with Crippen molar-refractivity contribution in [3.05, 3.63) is 54.2 Å². The van der Waals surface area contributed by atoms with Gasteiger partial charge in [0.15, 0.2) is 0 Å². The number of aromatic nitrogens is 1. The van der Waals surface area contributed by atoms with Crippen molar-refractivity contribution >= 4 is 34.6 Å². The Morgan fingerprint density at radius 3 is 2.66 bits per heavy atom. The van der Waals surface area contributed by atoms with Gasteiger partial charge in [-0.05, 0) is 80.8 Å². The molecule has 1 atom stereocenters. The zero-order chi connectivity index (χ0) is 22.8. The Morgan fingerprint density at radius 1 is 1.12 bits per heavy atom. The number of methoxy groups -OCH3 is 1. The molecule has 7 nitrogen and oxygen atoms in total. The third-order valence-corrected chi connectivity index (χ3v) is 5.54. The maximum Gasteiger partial charge on any atom is 0.224 e. The molecule has 0 fully saturated rings. The smallest absolute Gasteiger partial charge is 0.224 e. The Kier molecular flexibility index (Phi) is 8.69. The number of ether oxygens (including phenoxy) is 1. The first kappa shape index (κ1) is 23.3. The Morgan fingerprint density at radius 2 is 1.91 bits per heavy atom. The molecule has 0 saturated carbocycles. The fourth-order valence-electron chi connectivity index (χ4n) is 3.73. The van der Waals surface area contributed by atoms with Crippen molar-refractivity contribution in [1.29, 1.82) is 0 Å². The summed E-state index contributed by atoms with van der Waals surface area (Å²) in [6, 6.07) is 13.6. The second-order valence-electron chi connectivity index (χ2n) is 7.96. The van der Waals surface area contributed by atoms with Gasteiger partial charge in [-0.3, -0.25) is 9.59 Å². The lowest BCUT2D eigenvalue weighted by atomic mass is 10.1. The van der Waals surface area contributed by atoms with Crippen LogP contribution >= 0.6 is 0 Å². The third-order valence-electron chi connectivity index (χ3n) is 5.54. The molecule has 0 spiro atoms. The van der Waals surface area contributed by atoms with E-state index in [-0.39, 0.29) is 5.91 Å². The Balaban J connectivity index is 1.32. The van der Waals surface area contributed by atoms with E-state index in [9.17, 15) is 9.59 Å². The number of amides is 2. The summed E-state index contributed by atoms with van der Waals surface area (Å²) in [6.07, 6.45) is 7.03. The van der Waals surface area contributed by atoms with Gasteiger partial charge in [-0.2, -0.15) is 0 Å². The van der Waals surface area contributed by atoms with E-state index in [4.69, 9.17) is 4.74 Å². The number of unbranched alkanes of at least 4 members (excludes halogenated alkanes) is 1. The average Bonchev–Trinajstić information content (AvgIpc) is 3.20. The molecule has 4 N–H and O–H groups in total. The summed E-state index contributed by atoms with van der Waals surface area (Å²) in [6.45, 7) is 3.05. The van der Waals surface area contributed by atoms with Gasteiger partial charge in [-0.1, -0.05) is 6.42 Å². The number of anilines is 2. The van der Waals surface area contributed by atoms with Crippen LogP contribution in [0.4, 0.5) is 11.4 Å². The highest BCUT2D eigenvalue weighted by atomic mass is 16.5. The monoisotopic (exact) mass is 436 g/mol. The molecule has 0 bridgehead atoms. The van der Waals surface area contributed by atoms with E-state index >= 15 is 0 Å². The van der Waals surface area contributed by atoms with Crippen LogP contribution in [0.15, 0.2) is 48.7 Å². The fraction of sp³-hybridized carbons (Fsp3) is 0.360. The van der Waals surface area contributed by atoms with E-state index in [2.05, 4.69) is 27.9 Å². The van der Waals surface area contributed by atoms with Crippen LogP contribution in [0.25, 0.3) is 10.9 Å². The van der Waals surface area contributed by atoms with Gasteiger partial charge in [-0.25, -0.2) is 0 Å². The lowest BCUT2D eigenvalue weighted by Crippen LogP contribution is -2.28. The molecule has 1 unspecified atom stereocenters. The third kappa shape index (κ3) is 6.85. The van der Waals surface area contributed by atoms with Crippen LogP contribution < -0.4 is 20.7 Å². The first-order valence-electron chi connectivity index (χ1n) is 11.1. The lowest BCUT2D eigenvalue weighted by Gasteiger charge is -2.13. The molecule has 2 aromatic carbocycles. The Hall–Kier alpha value is -3.32. The van der Waals surface area contributed by atoms with E-state index in [0.717, 1.165) is 60.3 Å². The molecule has 1 heterocycles. The largest absolute Gasteiger partial charge is 0.497 e. The van der Waals surface area contributed by atoms with Crippen LogP contribution in [0.1, 0.15) is 38.2 Å². The topological polar surface area (TPSA) is 95.2 Å². The van der Waals surface area contributed by atoms with Crippen LogP contribution in [0.2, 0.25) is 0 Å². The van der Waals surface area contributed by atoms with Gasteiger partial charge in [0.25, 0.3) is 0 Å². The standard InChI is InChI=1S/C25H32N4O3/c1-18(5-3-4-6-25(31)29-20-7-10-22(32-2)11-8-20)26-14-13-19-16-27-24-12-9-21(28-17-30)15-23(19)24/h7-12,15-18,26-27H,3-6,13-14H2,1-2H3,(H,28,30)(H,29,31). The molecule has 0 radical (unpaired) electrons. The first-order chi connectivity index (χ1) is 15.6. The van der Waals surface area contributed by atoms with Crippen LogP contribution in [0.3, 0.4) is 0 Å². The normalized spacial score (nSPS) is 11.8. The molecular weight excluding hydrogens is 404 g/mol. The average molecular weight is 437 g/mol. The lowest BCUT2D eigenvalue weighted by molar-refractivity contribution is -0.116. The highest BCUT2D eigenvalue weighted by Gasteiger charge is 2.07. The Labute approximate surface area is 188 Å². The van der Waals surface area contributed by atoms with E-state index in [0.29, 0.717) is 18.9 Å². The number of rotatable bonds is 13. The molecule has 0 aliphatic carbocycles. The summed E-state index contributed by atoms with van der Waals surface area (Å²) in [5, 5.41) is 10.3. The number of benzene rings is 2. The van der Waals surface area contributed by atoms with Crippen molar-refractivity contribution < 1.29 is 14.3 Å². The maximum absolute atomic E-state index is 12.1. The Bertz CT molecular complexity index is 1010. The summed E-state index contributed by atoms with van der Waals surface area (Å²) in [5.74, 6) is 0.812. The van der Waals surface area contributed by atoms with Crippen LogP contribution in [0, 0.1) is 0 Å². The van der Waals surface area contributed by atoms with Gasteiger partial charge < -0.3 is 25.7 Å². The molecule has 7 heteroatoms. The summed E-state index contributed by atoms with van der Waals surface area (Å²) >= 11 is 0. The van der Waals surface area contributed by atoms with E-state index < -0.39 is 0 Å². The van der Waals surface area contributed by atoms with Crippen molar-refractivity contribution in [3.63, 3.8) is 0 Å². The number of carbonyl (C=O) groups is 2. The zero-order valence-corrected chi connectivity index (χ0v) is 18.7. The first-order valence-corrected chi connectivity index (χ1v) is 11.1. The number of nitrogens with one attached hydrogen (secondary N) is 4. The quantitative estimate of drug-likeness (QED) is 0.235. The summed E-state index contributed by atoms with van der Waals surface area (Å²) in [7, 11) is 1.62. The minimum atomic E-state index is 0.0403. The van der Waals surface area contributed by atoms with E-state index in [1.807, 2.05) is 48.7 Å². The van der Waals surface area contributed by atoms with Gasteiger partial charge in [0.05, 0.1) is 7.11 Å². The minimum Gasteiger partial charge on any atom is -0.497 e. The van der Waals surface area contributed by atoms with Crippen LogP contribution in [-0.2, 0) is 16.0 Å². The number of carbonyl (C=O) groups excluding carboxylic acids is 2. The molecule has 32 heavy (non-hydrogen) atoms. The second kappa shape index (κ2) is 11.9. The number of aromatic amines is 1. The molecule has 0 aliphatic rings. The van der Waals surface area contributed by atoms with Crippen LogP contribution in [0.5, 0.6) is 5.75 Å². The maximum atomic E-state index is 12.1. The van der Waals surface area contributed by atoms with Gasteiger partial charge in [-0.15, -0.1) is 0 Å². The summed E-state index contributed by atoms with van der Waals surface area (Å²) < 4.78 is 5.12. The second-order valence-corrected chi connectivity index (χ2v) is 7.96. The molecule has 0 aliphatic heterocycles.